The van der Waals surface area contributed by atoms with E-state index in [1.165, 1.54) is 5.56 Å². The van der Waals surface area contributed by atoms with Crippen LogP contribution in [0.3, 0.4) is 0 Å². The van der Waals surface area contributed by atoms with Crippen LogP contribution in [-0.4, -0.2) is 46.2 Å². The van der Waals surface area contributed by atoms with Gasteiger partial charge in [0.1, 0.15) is 55.0 Å². The van der Waals surface area contributed by atoms with Gasteiger partial charge in [-0.15, -0.1) is 0 Å². The first kappa shape index (κ1) is 29.3. The lowest BCUT2D eigenvalue weighted by Gasteiger charge is -2.38. The second-order valence-corrected chi connectivity index (χ2v) is 12.1. The Morgan fingerprint density at radius 2 is 2.00 bits per heavy atom. The lowest BCUT2D eigenvalue weighted by molar-refractivity contribution is -0.137. The van der Waals surface area contributed by atoms with Crippen LogP contribution in [0.15, 0.2) is 41.2 Å². The zero-order chi connectivity index (χ0) is 30.2. The molecular weight excluding hydrogens is 558 g/mol. The summed E-state index contributed by atoms with van der Waals surface area (Å²) in [5.41, 5.74) is 5.55. The van der Waals surface area contributed by atoms with E-state index in [1.807, 2.05) is 24.3 Å². The van der Waals surface area contributed by atoms with Crippen LogP contribution in [0.25, 0.3) is 6.08 Å². The molecule has 222 valence electrons. The molecule has 42 heavy (non-hydrogen) atoms. The predicted octanol–water partition coefficient (Wildman–Crippen LogP) is 5.37. The van der Waals surface area contributed by atoms with Crippen molar-refractivity contribution in [2.75, 3.05) is 19.8 Å². The highest BCUT2D eigenvalue weighted by molar-refractivity contribution is 7.09. The van der Waals surface area contributed by atoms with Gasteiger partial charge in [0.2, 0.25) is 5.88 Å². The van der Waals surface area contributed by atoms with Crippen LogP contribution in [0.5, 0.6) is 28.9 Å². The lowest BCUT2D eigenvalue weighted by Crippen LogP contribution is -2.42. The lowest BCUT2D eigenvalue weighted by atomic mass is 9.87. The molecule has 3 heterocycles. The molecule has 0 bridgehead atoms. The maximum absolute atomic E-state index is 12.2. The summed E-state index contributed by atoms with van der Waals surface area (Å²) in [5, 5.41) is 19.4. The molecule has 2 aliphatic heterocycles. The van der Waals surface area contributed by atoms with Gasteiger partial charge in [-0.3, -0.25) is 14.2 Å². The van der Waals surface area contributed by atoms with Crippen LogP contribution < -0.4 is 23.8 Å². The van der Waals surface area contributed by atoms with Crippen LogP contribution in [-0.2, 0) is 24.2 Å². The van der Waals surface area contributed by atoms with E-state index in [4.69, 9.17) is 24.1 Å². The van der Waals surface area contributed by atoms with Crippen molar-refractivity contribution in [3.8, 4) is 28.9 Å². The van der Waals surface area contributed by atoms with E-state index in [-0.39, 0.29) is 12.3 Å². The number of aliphatic carboxylic acids is 1. The van der Waals surface area contributed by atoms with E-state index >= 15 is 0 Å². The van der Waals surface area contributed by atoms with Crippen molar-refractivity contribution in [2.24, 2.45) is 0 Å². The van der Waals surface area contributed by atoms with E-state index in [2.05, 4.69) is 34.3 Å². The number of rotatable bonds is 10. The fourth-order valence-electron chi connectivity index (χ4n) is 5.41. The van der Waals surface area contributed by atoms with E-state index in [9.17, 15) is 14.7 Å². The number of benzene rings is 2. The van der Waals surface area contributed by atoms with Crippen LogP contribution in [0.2, 0.25) is 0 Å². The van der Waals surface area contributed by atoms with Gasteiger partial charge < -0.3 is 29.2 Å². The average Bonchev–Trinajstić information content (AvgIpc) is 3.21. The van der Waals surface area contributed by atoms with Crippen molar-refractivity contribution < 1.29 is 34.0 Å². The molecule has 1 unspecified atom stereocenters. The van der Waals surface area contributed by atoms with Crippen LogP contribution >= 0.6 is 11.3 Å². The van der Waals surface area contributed by atoms with E-state index in [1.54, 1.807) is 6.08 Å². The molecule has 0 spiro atoms. The molecule has 10 heteroatoms. The molecule has 0 saturated heterocycles. The number of aromatic nitrogens is 1. The minimum Gasteiger partial charge on any atom is -0.494 e. The third kappa shape index (κ3) is 5.76. The number of carboxylic acids is 1. The van der Waals surface area contributed by atoms with Gasteiger partial charge in [0, 0.05) is 17.5 Å². The van der Waals surface area contributed by atoms with Gasteiger partial charge in [0.25, 0.3) is 0 Å². The average molecular weight is 594 g/mol. The molecule has 2 N–H and O–H groups in total. The molecule has 3 aromatic rings. The first-order chi connectivity index (χ1) is 20.0. The minimum atomic E-state index is -1.20. The first-order valence-electron chi connectivity index (χ1n) is 13.8. The highest BCUT2D eigenvalue weighted by Gasteiger charge is 2.36. The molecule has 5 rings (SSSR count). The van der Waals surface area contributed by atoms with Crippen LogP contribution in [0, 0.1) is 20.8 Å². The quantitative estimate of drug-likeness (QED) is 0.302. The zero-order valence-electron chi connectivity index (χ0n) is 24.2. The largest absolute Gasteiger partial charge is 0.494 e. The molecule has 0 aliphatic carbocycles. The Kier molecular flexibility index (Phi) is 8.10. The summed E-state index contributed by atoms with van der Waals surface area (Å²) in [6, 6.07) is 5.62. The summed E-state index contributed by atoms with van der Waals surface area (Å²) >= 11 is 0.835. The van der Waals surface area contributed by atoms with Crippen molar-refractivity contribution in [1.82, 2.24) is 4.57 Å². The Morgan fingerprint density at radius 1 is 1.21 bits per heavy atom. The van der Waals surface area contributed by atoms with Crippen LogP contribution in [0.4, 0.5) is 0 Å². The number of aromatic hydroxyl groups is 1. The Morgan fingerprint density at radius 3 is 2.74 bits per heavy atom. The SMILES string of the molecule is C=CCOc1c(C)c(C)c2c(c1C)CCC(C)(COc1ccc3c(c1)C=C(Cc1sc(=O)n(CC(=O)O)c1O)CO3)O2. The Bertz CT molecular complexity index is 1650. The first-order valence-corrected chi connectivity index (χ1v) is 14.6. The highest BCUT2D eigenvalue weighted by atomic mass is 32.1. The summed E-state index contributed by atoms with van der Waals surface area (Å²) < 4.78 is 25.6. The Hall–Kier alpha value is -4.18. The number of nitrogens with zero attached hydrogens (tertiary/aromatic N) is 1. The molecule has 0 fully saturated rings. The topological polar surface area (TPSA) is 116 Å². The summed E-state index contributed by atoms with van der Waals surface area (Å²) in [4.78, 5) is 23.1. The molecule has 1 atom stereocenters. The van der Waals surface area contributed by atoms with Crippen molar-refractivity contribution in [2.45, 2.75) is 59.1 Å². The second kappa shape index (κ2) is 11.6. The van der Waals surface area contributed by atoms with Crippen molar-refractivity contribution in [1.29, 1.82) is 0 Å². The molecule has 0 radical (unpaired) electrons. The molecule has 0 saturated carbocycles. The number of hydrogen-bond acceptors (Lipinski definition) is 8. The maximum Gasteiger partial charge on any atom is 0.323 e. The summed E-state index contributed by atoms with van der Waals surface area (Å²) in [5.74, 6) is 1.67. The van der Waals surface area contributed by atoms with Gasteiger partial charge in [0.15, 0.2) is 0 Å². The van der Waals surface area contributed by atoms with E-state index < -0.39 is 23.0 Å². The smallest absolute Gasteiger partial charge is 0.323 e. The van der Waals surface area contributed by atoms with Crippen LogP contribution in [0.1, 0.15) is 46.0 Å². The number of fused-ring (bicyclic) bond motifs is 2. The summed E-state index contributed by atoms with van der Waals surface area (Å²) in [6.07, 6.45) is 5.61. The normalized spacial score (nSPS) is 17.3. The molecule has 2 aliphatic rings. The third-order valence-electron chi connectivity index (χ3n) is 7.82. The van der Waals surface area contributed by atoms with Crippen molar-refractivity contribution >= 4 is 23.4 Å². The molecular formula is C32H35NO8S. The number of carboxylic acid groups (broad SMARTS) is 1. The van der Waals surface area contributed by atoms with Gasteiger partial charge in [-0.1, -0.05) is 24.0 Å². The highest BCUT2D eigenvalue weighted by Crippen LogP contribution is 2.44. The standard InChI is InChI=1S/C32H35NO8S/c1-6-11-38-28-18(2)19(3)29-24(20(28)4)9-10-32(5,41-29)17-40-23-7-8-25-22(14-23)12-21(16-39-25)13-26-30(36)33(15-27(34)35)31(37)42-26/h6-8,12,14,36H,1,9-11,13,15-17H2,2-5H3,(H,34,35). The number of ether oxygens (including phenoxy) is 4. The molecule has 0 amide bonds. The fourth-order valence-corrected chi connectivity index (χ4v) is 6.34. The van der Waals surface area contributed by atoms with E-state index in [0.29, 0.717) is 36.2 Å². The molecule has 2 aromatic carbocycles. The van der Waals surface area contributed by atoms with Gasteiger partial charge in [-0.2, -0.15) is 0 Å². The fraction of sp³-hybridized carbons (Fsp3) is 0.375. The maximum atomic E-state index is 12.2. The molecule has 1 aromatic heterocycles. The summed E-state index contributed by atoms with van der Waals surface area (Å²) in [6.45, 7) is 12.5. The van der Waals surface area contributed by atoms with Crippen molar-refractivity contribution in [3.05, 3.63) is 78.8 Å². The zero-order valence-corrected chi connectivity index (χ0v) is 25.1. The Balaban J connectivity index is 1.30. The number of carbonyl (C=O) groups is 1. The Labute approximate surface area is 248 Å². The predicted molar refractivity (Wildman–Crippen MR) is 161 cm³/mol. The third-order valence-corrected chi connectivity index (χ3v) is 8.79. The number of hydrogen-bond donors (Lipinski definition) is 2. The van der Waals surface area contributed by atoms with Crippen molar-refractivity contribution in [3.63, 3.8) is 0 Å². The second-order valence-electron chi connectivity index (χ2n) is 11.0. The monoisotopic (exact) mass is 593 g/mol. The van der Waals surface area contributed by atoms with Gasteiger partial charge >= 0.3 is 10.8 Å². The van der Waals surface area contributed by atoms with Gasteiger partial charge in [-0.25, -0.2) is 0 Å². The van der Waals surface area contributed by atoms with Gasteiger partial charge in [0.05, 0.1) is 4.88 Å². The van der Waals surface area contributed by atoms with E-state index in [0.717, 1.165) is 68.1 Å². The summed E-state index contributed by atoms with van der Waals surface area (Å²) in [7, 11) is 0. The number of thiazole rings is 1. The molecule has 9 nitrogen and oxygen atoms in total. The minimum absolute atomic E-state index is 0.271. The van der Waals surface area contributed by atoms with Gasteiger partial charge in [-0.05, 0) is 87.1 Å².